The first-order valence-electron chi connectivity index (χ1n) is 9.03. The number of carbonyl (C=O) groups excluding carboxylic acids is 2. The predicted octanol–water partition coefficient (Wildman–Crippen LogP) is 2.96. The fourth-order valence-corrected chi connectivity index (χ4v) is 2.93. The monoisotopic (exact) mass is 362 g/mol. The first-order chi connectivity index (χ1) is 13.2. The van der Waals surface area contributed by atoms with Crippen LogP contribution in [0.15, 0.2) is 60.7 Å². The molecule has 2 aromatic carbocycles. The van der Waals surface area contributed by atoms with Crippen LogP contribution in [0.5, 0.6) is 0 Å². The smallest absolute Gasteiger partial charge is 0.407 e. The van der Waals surface area contributed by atoms with E-state index in [9.17, 15) is 9.59 Å². The topological polar surface area (TPSA) is 58.6 Å². The lowest BCUT2D eigenvalue weighted by molar-refractivity contribution is -0.130. The summed E-state index contributed by atoms with van der Waals surface area (Å²) in [6.45, 7) is 0.751. The zero-order valence-corrected chi connectivity index (χ0v) is 15.1. The van der Waals surface area contributed by atoms with Gasteiger partial charge < -0.3 is 15.0 Å². The van der Waals surface area contributed by atoms with Crippen molar-refractivity contribution in [3.05, 3.63) is 71.8 Å². The van der Waals surface area contributed by atoms with Crippen LogP contribution in [0.3, 0.4) is 0 Å². The molecule has 1 heterocycles. The summed E-state index contributed by atoms with van der Waals surface area (Å²) in [4.78, 5) is 26.0. The molecule has 1 saturated heterocycles. The third-order valence-electron chi connectivity index (χ3n) is 4.33. The van der Waals surface area contributed by atoms with Crippen LogP contribution >= 0.6 is 0 Å². The van der Waals surface area contributed by atoms with Crippen molar-refractivity contribution in [1.29, 1.82) is 0 Å². The number of benzene rings is 2. The van der Waals surface area contributed by atoms with E-state index < -0.39 is 6.09 Å². The van der Waals surface area contributed by atoms with E-state index in [1.807, 2.05) is 60.7 Å². The van der Waals surface area contributed by atoms with Gasteiger partial charge in [-0.2, -0.15) is 0 Å². The van der Waals surface area contributed by atoms with Crippen molar-refractivity contribution in [3.63, 3.8) is 0 Å². The molecule has 0 radical (unpaired) electrons. The quantitative estimate of drug-likeness (QED) is 0.851. The van der Waals surface area contributed by atoms with Gasteiger partial charge in [-0.05, 0) is 30.5 Å². The summed E-state index contributed by atoms with van der Waals surface area (Å²) in [5.41, 5.74) is 1.83. The molecule has 3 rings (SSSR count). The molecule has 27 heavy (non-hydrogen) atoms. The molecule has 2 amide bonds. The van der Waals surface area contributed by atoms with E-state index in [1.54, 1.807) is 4.90 Å². The highest BCUT2D eigenvalue weighted by atomic mass is 16.5. The average molecular weight is 362 g/mol. The number of hydrogen-bond acceptors (Lipinski definition) is 3. The van der Waals surface area contributed by atoms with Gasteiger partial charge >= 0.3 is 6.09 Å². The summed E-state index contributed by atoms with van der Waals surface area (Å²) in [6, 6.07) is 19.0. The van der Waals surface area contributed by atoms with Crippen LogP contribution in [0.25, 0.3) is 0 Å². The second-order valence-electron chi connectivity index (χ2n) is 6.30. The zero-order valence-electron chi connectivity index (χ0n) is 15.1. The van der Waals surface area contributed by atoms with Crippen molar-refractivity contribution in [2.24, 2.45) is 0 Å². The Morgan fingerprint density at radius 2 is 1.78 bits per heavy atom. The van der Waals surface area contributed by atoms with Gasteiger partial charge in [-0.3, -0.25) is 4.79 Å². The number of rotatable bonds is 4. The molecule has 0 spiro atoms. The number of likely N-dealkylation sites (tertiary alicyclic amines) is 1. The van der Waals surface area contributed by atoms with Gasteiger partial charge in [0.05, 0.1) is 6.04 Å². The number of amides is 2. The molecule has 5 heteroatoms. The van der Waals surface area contributed by atoms with Gasteiger partial charge in [0.25, 0.3) is 0 Å². The minimum absolute atomic E-state index is 0.0862. The van der Waals surface area contributed by atoms with E-state index in [1.165, 1.54) is 0 Å². The van der Waals surface area contributed by atoms with Crippen molar-refractivity contribution in [2.45, 2.75) is 25.5 Å². The molecule has 2 aromatic rings. The number of alkyl carbamates (subject to hydrolysis) is 1. The maximum absolute atomic E-state index is 12.4. The van der Waals surface area contributed by atoms with Crippen molar-refractivity contribution < 1.29 is 14.3 Å². The third-order valence-corrected chi connectivity index (χ3v) is 4.33. The van der Waals surface area contributed by atoms with Crippen LogP contribution in [0, 0.1) is 11.8 Å². The Bertz CT molecular complexity index is 825. The number of carbonyl (C=O) groups is 2. The van der Waals surface area contributed by atoms with Crippen LogP contribution in [0.2, 0.25) is 0 Å². The van der Waals surface area contributed by atoms with Gasteiger partial charge in [-0.15, -0.1) is 0 Å². The lowest BCUT2D eigenvalue weighted by Crippen LogP contribution is -2.42. The second kappa shape index (κ2) is 9.44. The molecule has 138 valence electrons. The zero-order chi connectivity index (χ0) is 18.9. The number of nitrogens with one attached hydrogen (secondary N) is 1. The highest BCUT2D eigenvalue weighted by molar-refractivity contribution is 5.83. The van der Waals surface area contributed by atoms with Crippen LogP contribution in [-0.2, 0) is 16.1 Å². The van der Waals surface area contributed by atoms with E-state index in [0.717, 1.165) is 24.0 Å². The minimum Gasteiger partial charge on any atom is -0.445 e. The van der Waals surface area contributed by atoms with Gasteiger partial charge in [0.15, 0.2) is 0 Å². The fraction of sp³-hybridized carbons (Fsp3) is 0.273. The fourth-order valence-electron chi connectivity index (χ4n) is 2.93. The summed E-state index contributed by atoms with van der Waals surface area (Å²) in [5.74, 6) is 6.15. The van der Waals surface area contributed by atoms with Crippen LogP contribution in [-0.4, -0.2) is 36.0 Å². The van der Waals surface area contributed by atoms with Crippen molar-refractivity contribution >= 4 is 12.0 Å². The Labute approximate surface area is 159 Å². The van der Waals surface area contributed by atoms with Gasteiger partial charge in [0.1, 0.15) is 13.2 Å². The molecule has 5 nitrogen and oxygen atoms in total. The first kappa shape index (κ1) is 18.5. The van der Waals surface area contributed by atoms with Crippen LogP contribution in [0.4, 0.5) is 4.79 Å². The summed E-state index contributed by atoms with van der Waals surface area (Å²) in [5, 5.41) is 2.52. The average Bonchev–Trinajstić information content (AvgIpc) is 3.19. The molecule has 0 bridgehead atoms. The van der Waals surface area contributed by atoms with E-state index in [-0.39, 0.29) is 25.1 Å². The Kier molecular flexibility index (Phi) is 6.48. The molecule has 0 aliphatic carbocycles. The molecular weight excluding hydrogens is 340 g/mol. The maximum Gasteiger partial charge on any atom is 0.407 e. The summed E-state index contributed by atoms with van der Waals surface area (Å²) in [6.07, 6.45) is 1.17. The molecular formula is C22H22N2O3. The molecule has 1 unspecified atom stereocenters. The highest BCUT2D eigenvalue weighted by Gasteiger charge is 2.27. The Balaban J connectivity index is 1.47. The normalized spacial score (nSPS) is 15.6. The number of nitrogens with zero attached hydrogens (tertiary/aromatic N) is 1. The Morgan fingerprint density at radius 1 is 1.07 bits per heavy atom. The lowest BCUT2D eigenvalue weighted by Gasteiger charge is -2.20. The van der Waals surface area contributed by atoms with Crippen molar-refractivity contribution in [3.8, 4) is 11.8 Å². The predicted molar refractivity (Wildman–Crippen MR) is 103 cm³/mol. The molecule has 0 aromatic heterocycles. The summed E-state index contributed by atoms with van der Waals surface area (Å²) >= 11 is 0. The minimum atomic E-state index is -0.599. The molecule has 0 saturated carbocycles. The molecule has 1 fully saturated rings. The van der Waals surface area contributed by atoms with Crippen LogP contribution < -0.4 is 5.32 Å². The van der Waals surface area contributed by atoms with Gasteiger partial charge in [0, 0.05) is 12.1 Å². The first-order valence-corrected chi connectivity index (χ1v) is 9.03. The largest absolute Gasteiger partial charge is 0.445 e. The Hall–Kier alpha value is -3.26. The van der Waals surface area contributed by atoms with E-state index >= 15 is 0 Å². The number of ether oxygens (including phenoxy) is 1. The van der Waals surface area contributed by atoms with Gasteiger partial charge in [-0.25, -0.2) is 4.79 Å². The molecule has 1 aliphatic heterocycles. The van der Waals surface area contributed by atoms with E-state index in [2.05, 4.69) is 17.2 Å². The van der Waals surface area contributed by atoms with Crippen molar-refractivity contribution in [2.75, 3.05) is 13.1 Å². The Morgan fingerprint density at radius 3 is 2.52 bits per heavy atom. The lowest BCUT2D eigenvalue weighted by atomic mass is 10.2. The highest BCUT2D eigenvalue weighted by Crippen LogP contribution is 2.16. The molecule has 1 aliphatic rings. The SMILES string of the molecule is O=C(NCC(=O)N1CCCC1C#Cc1ccccc1)OCc1ccccc1. The van der Waals surface area contributed by atoms with Crippen LogP contribution in [0.1, 0.15) is 24.0 Å². The maximum atomic E-state index is 12.4. The summed E-state index contributed by atoms with van der Waals surface area (Å²) < 4.78 is 5.12. The molecule has 1 atom stereocenters. The third kappa shape index (κ3) is 5.61. The van der Waals surface area contributed by atoms with E-state index in [4.69, 9.17) is 4.74 Å². The molecule has 1 N–H and O–H groups in total. The summed E-state index contributed by atoms with van der Waals surface area (Å²) in [7, 11) is 0. The second-order valence-corrected chi connectivity index (χ2v) is 6.30. The van der Waals surface area contributed by atoms with Gasteiger partial charge in [-0.1, -0.05) is 60.4 Å². The number of hydrogen-bond donors (Lipinski definition) is 1. The van der Waals surface area contributed by atoms with E-state index in [0.29, 0.717) is 6.54 Å². The van der Waals surface area contributed by atoms with Crippen molar-refractivity contribution in [1.82, 2.24) is 10.2 Å². The standard InChI is InChI=1S/C22H22N2O3/c25-21(16-23-22(26)27-17-19-10-5-2-6-11-19)24-15-7-12-20(24)14-13-18-8-3-1-4-9-18/h1-6,8-11,20H,7,12,15-17H2,(H,23,26). The van der Waals surface area contributed by atoms with Gasteiger partial charge in [0.2, 0.25) is 5.91 Å².